The van der Waals surface area contributed by atoms with Crippen LogP contribution < -0.4 is 5.32 Å². The SMILES string of the molecule is c1cc(C2CCC2)ccc1CNC1CCN(CC2CCOC2)CC1. The van der Waals surface area contributed by atoms with Gasteiger partial charge in [-0.25, -0.2) is 0 Å². The molecule has 1 unspecified atom stereocenters. The van der Waals surface area contributed by atoms with E-state index in [1.165, 1.54) is 63.7 Å². The van der Waals surface area contributed by atoms with Gasteiger partial charge >= 0.3 is 0 Å². The van der Waals surface area contributed by atoms with E-state index < -0.39 is 0 Å². The molecule has 2 aliphatic heterocycles. The van der Waals surface area contributed by atoms with Crippen molar-refractivity contribution in [2.24, 2.45) is 5.92 Å². The Hall–Kier alpha value is -0.900. The molecule has 132 valence electrons. The van der Waals surface area contributed by atoms with E-state index in [2.05, 4.69) is 34.5 Å². The van der Waals surface area contributed by atoms with Crippen molar-refractivity contribution in [2.75, 3.05) is 32.8 Å². The third kappa shape index (κ3) is 4.19. The third-order valence-electron chi connectivity index (χ3n) is 6.28. The van der Waals surface area contributed by atoms with Crippen molar-refractivity contribution in [3.8, 4) is 0 Å². The van der Waals surface area contributed by atoms with E-state index in [-0.39, 0.29) is 0 Å². The van der Waals surface area contributed by atoms with E-state index in [1.807, 2.05) is 0 Å². The van der Waals surface area contributed by atoms with Gasteiger partial charge in [0.1, 0.15) is 0 Å². The molecule has 1 aromatic carbocycles. The van der Waals surface area contributed by atoms with Gasteiger partial charge in [-0.05, 0) is 68.2 Å². The van der Waals surface area contributed by atoms with Gasteiger partial charge in [-0.15, -0.1) is 0 Å². The fraction of sp³-hybridized carbons (Fsp3) is 0.714. The van der Waals surface area contributed by atoms with Gasteiger partial charge in [-0.2, -0.15) is 0 Å². The highest BCUT2D eigenvalue weighted by atomic mass is 16.5. The Morgan fingerprint density at radius 3 is 2.42 bits per heavy atom. The van der Waals surface area contributed by atoms with E-state index in [1.54, 1.807) is 5.56 Å². The monoisotopic (exact) mass is 328 g/mol. The summed E-state index contributed by atoms with van der Waals surface area (Å²) < 4.78 is 5.50. The molecular formula is C21H32N2O. The highest BCUT2D eigenvalue weighted by Crippen LogP contribution is 2.36. The van der Waals surface area contributed by atoms with Crippen LogP contribution >= 0.6 is 0 Å². The molecule has 3 fully saturated rings. The minimum absolute atomic E-state index is 0.687. The minimum Gasteiger partial charge on any atom is -0.381 e. The van der Waals surface area contributed by atoms with Crippen LogP contribution in [0.3, 0.4) is 0 Å². The van der Waals surface area contributed by atoms with Crippen molar-refractivity contribution in [1.82, 2.24) is 10.2 Å². The van der Waals surface area contributed by atoms with Crippen molar-refractivity contribution < 1.29 is 4.74 Å². The topological polar surface area (TPSA) is 24.5 Å². The van der Waals surface area contributed by atoms with E-state index >= 15 is 0 Å². The van der Waals surface area contributed by atoms with E-state index in [0.717, 1.165) is 31.6 Å². The number of rotatable bonds is 6. The highest BCUT2D eigenvalue weighted by molar-refractivity contribution is 5.26. The zero-order valence-corrected chi connectivity index (χ0v) is 14.9. The minimum atomic E-state index is 0.687. The van der Waals surface area contributed by atoms with Crippen molar-refractivity contribution in [1.29, 1.82) is 0 Å². The Bertz CT molecular complexity index is 497. The second-order valence-corrected chi connectivity index (χ2v) is 8.05. The summed E-state index contributed by atoms with van der Waals surface area (Å²) in [5, 5.41) is 3.78. The molecule has 1 N–H and O–H groups in total. The van der Waals surface area contributed by atoms with Gasteiger partial charge in [0.25, 0.3) is 0 Å². The Morgan fingerprint density at radius 1 is 1.00 bits per heavy atom. The number of nitrogens with zero attached hydrogens (tertiary/aromatic N) is 1. The lowest BCUT2D eigenvalue weighted by Gasteiger charge is -2.33. The molecule has 4 rings (SSSR count). The van der Waals surface area contributed by atoms with Gasteiger partial charge in [-0.3, -0.25) is 0 Å². The molecule has 0 bridgehead atoms. The first kappa shape index (κ1) is 16.6. The van der Waals surface area contributed by atoms with E-state index in [9.17, 15) is 0 Å². The molecule has 0 radical (unpaired) electrons. The molecule has 3 nitrogen and oxygen atoms in total. The van der Waals surface area contributed by atoms with Crippen molar-refractivity contribution in [2.45, 2.75) is 57.0 Å². The van der Waals surface area contributed by atoms with Crippen LogP contribution in [0.5, 0.6) is 0 Å². The summed E-state index contributed by atoms with van der Waals surface area (Å²) in [6.45, 7) is 6.71. The van der Waals surface area contributed by atoms with Crippen molar-refractivity contribution in [3.63, 3.8) is 0 Å². The first-order valence-corrected chi connectivity index (χ1v) is 9.99. The average Bonchev–Trinajstić information content (AvgIpc) is 3.07. The Morgan fingerprint density at radius 2 is 1.79 bits per heavy atom. The van der Waals surface area contributed by atoms with Crippen LogP contribution in [0.1, 0.15) is 55.6 Å². The Kier molecular flexibility index (Phi) is 5.51. The van der Waals surface area contributed by atoms with Crippen molar-refractivity contribution in [3.05, 3.63) is 35.4 Å². The summed E-state index contributed by atoms with van der Waals surface area (Å²) >= 11 is 0. The molecule has 0 spiro atoms. The van der Waals surface area contributed by atoms with E-state index in [4.69, 9.17) is 4.74 Å². The molecule has 0 aromatic heterocycles. The number of benzene rings is 1. The van der Waals surface area contributed by atoms with Gasteiger partial charge in [0, 0.05) is 25.7 Å². The maximum absolute atomic E-state index is 5.50. The summed E-state index contributed by atoms with van der Waals surface area (Å²) in [5.41, 5.74) is 2.98. The maximum Gasteiger partial charge on any atom is 0.0507 e. The van der Waals surface area contributed by atoms with Crippen LogP contribution in [-0.2, 0) is 11.3 Å². The summed E-state index contributed by atoms with van der Waals surface area (Å²) in [6.07, 6.45) is 8.03. The van der Waals surface area contributed by atoms with Crippen molar-refractivity contribution >= 4 is 0 Å². The van der Waals surface area contributed by atoms with Gasteiger partial charge in [0.05, 0.1) is 6.61 Å². The summed E-state index contributed by atoms with van der Waals surface area (Å²) in [6, 6.07) is 10.1. The second-order valence-electron chi connectivity index (χ2n) is 8.05. The fourth-order valence-corrected chi connectivity index (χ4v) is 4.32. The quantitative estimate of drug-likeness (QED) is 0.864. The molecule has 1 aliphatic carbocycles. The molecule has 24 heavy (non-hydrogen) atoms. The van der Waals surface area contributed by atoms with Crippen LogP contribution in [0.4, 0.5) is 0 Å². The van der Waals surface area contributed by atoms with Gasteiger partial charge < -0.3 is 15.0 Å². The Balaban J connectivity index is 1.17. The molecule has 3 aliphatic rings. The molecule has 2 saturated heterocycles. The number of hydrogen-bond acceptors (Lipinski definition) is 3. The van der Waals surface area contributed by atoms with Gasteiger partial charge in [0.15, 0.2) is 0 Å². The summed E-state index contributed by atoms with van der Waals surface area (Å²) in [5.74, 6) is 1.63. The fourth-order valence-electron chi connectivity index (χ4n) is 4.32. The third-order valence-corrected chi connectivity index (χ3v) is 6.28. The summed E-state index contributed by atoms with van der Waals surface area (Å²) in [4.78, 5) is 2.64. The van der Waals surface area contributed by atoms with E-state index in [0.29, 0.717) is 6.04 Å². The molecule has 3 heteroatoms. The number of piperidine rings is 1. The second kappa shape index (κ2) is 7.99. The van der Waals surface area contributed by atoms with Crippen LogP contribution in [0, 0.1) is 5.92 Å². The number of ether oxygens (including phenoxy) is 1. The predicted octanol–water partition coefficient (Wildman–Crippen LogP) is 3.54. The zero-order chi connectivity index (χ0) is 16.2. The molecular weight excluding hydrogens is 296 g/mol. The zero-order valence-electron chi connectivity index (χ0n) is 14.9. The lowest BCUT2D eigenvalue weighted by atomic mass is 9.80. The molecule has 1 atom stereocenters. The Labute approximate surface area is 146 Å². The van der Waals surface area contributed by atoms with Crippen LogP contribution in [0.25, 0.3) is 0 Å². The lowest BCUT2D eigenvalue weighted by Crippen LogP contribution is -2.43. The lowest BCUT2D eigenvalue weighted by molar-refractivity contribution is 0.147. The predicted molar refractivity (Wildman–Crippen MR) is 98.3 cm³/mol. The smallest absolute Gasteiger partial charge is 0.0507 e. The number of nitrogens with one attached hydrogen (secondary N) is 1. The standard InChI is InChI=1S/C21H32N2O/c1-2-19(3-1)20-6-4-17(5-7-20)14-22-21-8-11-23(12-9-21)15-18-10-13-24-16-18/h4-7,18-19,21-22H,1-3,8-16H2. The van der Waals surface area contributed by atoms with Gasteiger partial charge in [-0.1, -0.05) is 30.7 Å². The van der Waals surface area contributed by atoms with Gasteiger partial charge in [0.2, 0.25) is 0 Å². The summed E-state index contributed by atoms with van der Waals surface area (Å²) in [7, 11) is 0. The first-order valence-electron chi connectivity index (χ1n) is 9.99. The highest BCUT2D eigenvalue weighted by Gasteiger charge is 2.23. The first-order chi connectivity index (χ1) is 11.9. The average molecular weight is 329 g/mol. The maximum atomic E-state index is 5.50. The molecule has 1 aromatic rings. The molecule has 1 saturated carbocycles. The molecule has 2 heterocycles. The number of likely N-dealkylation sites (tertiary alicyclic amines) is 1. The van der Waals surface area contributed by atoms with Crippen LogP contribution in [0.2, 0.25) is 0 Å². The van der Waals surface area contributed by atoms with Crippen LogP contribution in [-0.4, -0.2) is 43.8 Å². The van der Waals surface area contributed by atoms with Crippen LogP contribution in [0.15, 0.2) is 24.3 Å². The molecule has 0 amide bonds. The number of hydrogen-bond donors (Lipinski definition) is 1. The normalized spacial score (nSPS) is 26.6. The largest absolute Gasteiger partial charge is 0.381 e.